The molecule has 0 saturated heterocycles. The van der Waals surface area contributed by atoms with Crippen molar-refractivity contribution in [3.8, 4) is 0 Å². The number of hydrogen-bond donors (Lipinski definition) is 1. The van der Waals surface area contributed by atoms with E-state index in [0.717, 1.165) is 5.82 Å². The Balaban J connectivity index is 1.85. The molecule has 0 aliphatic carbocycles. The van der Waals surface area contributed by atoms with E-state index in [4.69, 9.17) is 0 Å². The number of nitrogens with zero attached hydrogens (tertiary/aromatic N) is 5. The van der Waals surface area contributed by atoms with E-state index in [0.29, 0.717) is 18.9 Å². The Hall–Kier alpha value is -2.18. The normalized spacial score (nSPS) is 10.5. The van der Waals surface area contributed by atoms with Crippen molar-refractivity contribution in [2.75, 3.05) is 5.32 Å². The summed E-state index contributed by atoms with van der Waals surface area (Å²) in [5.41, 5.74) is 0. The molecule has 2 aromatic heterocycles. The van der Waals surface area contributed by atoms with Gasteiger partial charge in [0, 0.05) is 32.4 Å². The molecule has 0 radical (unpaired) electrons. The van der Waals surface area contributed by atoms with Crippen LogP contribution in [0.25, 0.3) is 0 Å². The van der Waals surface area contributed by atoms with Gasteiger partial charge in [0.15, 0.2) is 0 Å². The Labute approximate surface area is 98.5 Å². The van der Waals surface area contributed by atoms with Crippen LogP contribution in [0.5, 0.6) is 0 Å². The van der Waals surface area contributed by atoms with E-state index in [1.54, 1.807) is 24.3 Å². The first-order valence-electron chi connectivity index (χ1n) is 5.28. The lowest BCUT2D eigenvalue weighted by Gasteiger charge is -2.01. The van der Waals surface area contributed by atoms with Gasteiger partial charge >= 0.3 is 0 Å². The topological polar surface area (TPSA) is 77.6 Å². The van der Waals surface area contributed by atoms with Gasteiger partial charge in [-0.3, -0.25) is 14.8 Å². The number of anilines is 1. The third kappa shape index (κ3) is 2.90. The predicted octanol–water partition coefficient (Wildman–Crippen LogP) is 0.349. The van der Waals surface area contributed by atoms with Crippen molar-refractivity contribution in [2.24, 2.45) is 7.05 Å². The van der Waals surface area contributed by atoms with E-state index in [1.807, 2.05) is 17.7 Å². The zero-order chi connectivity index (χ0) is 12.3. The van der Waals surface area contributed by atoms with Crippen LogP contribution in [0.15, 0.2) is 18.7 Å². The lowest BCUT2D eigenvalue weighted by Crippen LogP contribution is -2.15. The molecule has 0 atom stereocenters. The zero-order valence-electron chi connectivity index (χ0n) is 9.79. The van der Waals surface area contributed by atoms with Gasteiger partial charge in [0.25, 0.3) is 0 Å². The predicted molar refractivity (Wildman–Crippen MR) is 61.2 cm³/mol. The van der Waals surface area contributed by atoms with Crippen LogP contribution in [0.3, 0.4) is 0 Å². The SMILES string of the molecule is Cc1nc(NC(=O)CCn2ccnc2)nn1C. The first kappa shape index (κ1) is 11.3. The average molecular weight is 234 g/mol. The van der Waals surface area contributed by atoms with Crippen LogP contribution in [-0.4, -0.2) is 30.2 Å². The van der Waals surface area contributed by atoms with Crippen LogP contribution in [0.2, 0.25) is 0 Å². The molecule has 2 rings (SSSR count). The molecule has 17 heavy (non-hydrogen) atoms. The average Bonchev–Trinajstić information content (AvgIpc) is 2.87. The molecule has 7 heteroatoms. The largest absolute Gasteiger partial charge is 0.337 e. The van der Waals surface area contributed by atoms with Crippen molar-refractivity contribution >= 4 is 11.9 Å². The summed E-state index contributed by atoms with van der Waals surface area (Å²) >= 11 is 0. The van der Waals surface area contributed by atoms with Crippen molar-refractivity contribution in [3.05, 3.63) is 24.5 Å². The van der Waals surface area contributed by atoms with Crippen LogP contribution in [-0.2, 0) is 18.4 Å². The fourth-order valence-electron chi connectivity index (χ4n) is 1.35. The summed E-state index contributed by atoms with van der Waals surface area (Å²) < 4.78 is 3.46. The Morgan fingerprint density at radius 3 is 2.94 bits per heavy atom. The second kappa shape index (κ2) is 4.77. The number of imidazole rings is 1. The van der Waals surface area contributed by atoms with Gasteiger partial charge in [-0.2, -0.15) is 4.98 Å². The molecule has 0 unspecified atom stereocenters. The number of amides is 1. The van der Waals surface area contributed by atoms with Gasteiger partial charge in [-0.15, -0.1) is 5.10 Å². The smallest absolute Gasteiger partial charge is 0.248 e. The summed E-state index contributed by atoms with van der Waals surface area (Å²) in [5.74, 6) is 1.000. The van der Waals surface area contributed by atoms with E-state index in [-0.39, 0.29) is 5.91 Å². The fourth-order valence-corrected chi connectivity index (χ4v) is 1.35. The van der Waals surface area contributed by atoms with E-state index < -0.39 is 0 Å². The first-order chi connectivity index (χ1) is 8.15. The highest BCUT2D eigenvalue weighted by atomic mass is 16.1. The maximum atomic E-state index is 11.6. The molecule has 0 aliphatic rings. The van der Waals surface area contributed by atoms with Gasteiger partial charge in [-0.25, -0.2) is 4.98 Å². The monoisotopic (exact) mass is 234 g/mol. The third-order valence-electron chi connectivity index (χ3n) is 2.39. The summed E-state index contributed by atoms with van der Waals surface area (Å²) in [4.78, 5) is 19.6. The molecule has 0 aromatic carbocycles. The molecule has 0 saturated carbocycles. The number of rotatable bonds is 4. The first-order valence-corrected chi connectivity index (χ1v) is 5.28. The highest BCUT2D eigenvalue weighted by Crippen LogP contribution is 2.01. The molecule has 0 fully saturated rings. The minimum Gasteiger partial charge on any atom is -0.337 e. The van der Waals surface area contributed by atoms with Crippen LogP contribution >= 0.6 is 0 Å². The van der Waals surface area contributed by atoms with Crippen LogP contribution in [0.1, 0.15) is 12.2 Å². The minimum atomic E-state index is -0.107. The summed E-state index contributed by atoms with van der Waals surface area (Å²) in [6.07, 6.45) is 5.54. The van der Waals surface area contributed by atoms with Gasteiger partial charge in [0.2, 0.25) is 11.9 Å². The molecule has 90 valence electrons. The summed E-state index contributed by atoms with van der Waals surface area (Å²) in [6, 6.07) is 0. The molecule has 0 bridgehead atoms. The lowest BCUT2D eigenvalue weighted by atomic mass is 10.4. The molecule has 1 N–H and O–H groups in total. The van der Waals surface area contributed by atoms with Gasteiger partial charge < -0.3 is 4.57 Å². The summed E-state index contributed by atoms with van der Waals surface area (Å²) in [7, 11) is 1.78. The Bertz CT molecular complexity index is 481. The summed E-state index contributed by atoms with van der Waals surface area (Å²) in [5, 5.41) is 6.70. The van der Waals surface area contributed by atoms with Crippen molar-refractivity contribution in [1.82, 2.24) is 24.3 Å². The lowest BCUT2D eigenvalue weighted by molar-refractivity contribution is -0.116. The second-order valence-corrected chi connectivity index (χ2v) is 3.70. The Morgan fingerprint density at radius 1 is 1.53 bits per heavy atom. The molecular weight excluding hydrogens is 220 g/mol. The highest BCUT2D eigenvalue weighted by Gasteiger charge is 2.07. The fraction of sp³-hybridized carbons (Fsp3) is 0.400. The highest BCUT2D eigenvalue weighted by molar-refractivity contribution is 5.88. The van der Waals surface area contributed by atoms with Crippen LogP contribution < -0.4 is 5.32 Å². The van der Waals surface area contributed by atoms with E-state index >= 15 is 0 Å². The molecule has 2 heterocycles. The van der Waals surface area contributed by atoms with Gasteiger partial charge in [-0.05, 0) is 6.92 Å². The molecule has 0 spiro atoms. The number of hydrogen-bond acceptors (Lipinski definition) is 4. The number of aryl methyl sites for hydroxylation is 3. The molecular formula is C10H14N6O. The summed E-state index contributed by atoms with van der Waals surface area (Å²) in [6.45, 7) is 2.42. The Morgan fingerprint density at radius 2 is 2.35 bits per heavy atom. The third-order valence-corrected chi connectivity index (χ3v) is 2.39. The minimum absolute atomic E-state index is 0.107. The van der Waals surface area contributed by atoms with Crippen molar-refractivity contribution < 1.29 is 4.79 Å². The number of nitrogens with one attached hydrogen (secondary N) is 1. The maximum Gasteiger partial charge on any atom is 0.248 e. The van der Waals surface area contributed by atoms with Crippen molar-refractivity contribution in [1.29, 1.82) is 0 Å². The standard InChI is InChI=1S/C10H14N6O/c1-8-12-10(14-15(8)2)13-9(17)3-5-16-6-4-11-7-16/h4,6-7H,3,5H2,1-2H3,(H,13,14,17). The van der Waals surface area contributed by atoms with Gasteiger partial charge in [0.05, 0.1) is 6.33 Å². The molecule has 0 aliphatic heterocycles. The van der Waals surface area contributed by atoms with Crippen molar-refractivity contribution in [2.45, 2.75) is 19.9 Å². The van der Waals surface area contributed by atoms with Gasteiger partial charge in [-0.1, -0.05) is 0 Å². The maximum absolute atomic E-state index is 11.6. The van der Waals surface area contributed by atoms with E-state index in [1.165, 1.54) is 0 Å². The Kier molecular flexibility index (Phi) is 3.17. The second-order valence-electron chi connectivity index (χ2n) is 3.70. The van der Waals surface area contributed by atoms with Crippen LogP contribution in [0.4, 0.5) is 5.95 Å². The zero-order valence-corrected chi connectivity index (χ0v) is 9.79. The van der Waals surface area contributed by atoms with Gasteiger partial charge in [0.1, 0.15) is 5.82 Å². The van der Waals surface area contributed by atoms with Crippen molar-refractivity contribution in [3.63, 3.8) is 0 Å². The molecule has 1 amide bonds. The molecule has 2 aromatic rings. The molecule has 7 nitrogen and oxygen atoms in total. The van der Waals surface area contributed by atoms with E-state index in [9.17, 15) is 4.79 Å². The number of aromatic nitrogens is 5. The van der Waals surface area contributed by atoms with E-state index in [2.05, 4.69) is 20.4 Å². The number of carbonyl (C=O) groups excluding carboxylic acids is 1. The number of carbonyl (C=O) groups is 1. The van der Waals surface area contributed by atoms with Crippen LogP contribution in [0, 0.1) is 6.92 Å². The quantitative estimate of drug-likeness (QED) is 0.828.